The van der Waals surface area contributed by atoms with E-state index in [4.69, 9.17) is 30.8 Å². The summed E-state index contributed by atoms with van der Waals surface area (Å²) in [5.74, 6) is 0.774. The Morgan fingerprint density at radius 1 is 0.951 bits per heavy atom. The van der Waals surface area contributed by atoms with Gasteiger partial charge in [0.25, 0.3) is 11.5 Å². The molecule has 2 aliphatic rings. The van der Waals surface area contributed by atoms with Gasteiger partial charge in [0.2, 0.25) is 11.8 Å². The molecule has 2 aliphatic heterocycles. The molecule has 0 saturated carbocycles. The summed E-state index contributed by atoms with van der Waals surface area (Å²) >= 11 is 7.81. The van der Waals surface area contributed by atoms with Gasteiger partial charge in [0.05, 0.1) is 50.1 Å². The van der Waals surface area contributed by atoms with Gasteiger partial charge in [0.15, 0.2) is 5.82 Å². The fourth-order valence-corrected chi connectivity index (χ4v) is 8.54. The van der Waals surface area contributed by atoms with Gasteiger partial charge < -0.3 is 24.8 Å². The second-order valence-electron chi connectivity index (χ2n) is 14.4. The minimum absolute atomic E-state index is 0.0391. The van der Waals surface area contributed by atoms with Gasteiger partial charge in [-0.05, 0) is 67.6 Å². The van der Waals surface area contributed by atoms with Crippen molar-refractivity contribution >= 4 is 68.5 Å². The van der Waals surface area contributed by atoms with Crippen molar-refractivity contribution in [2.24, 2.45) is 4.99 Å². The standard InChI is InChI=1S/C43H42ClN9O7S/c1-25-24-61-43-38(25)39(27-9-11-28(44)12-10-27)48-34(40-51-50-26(2)52(40)43)22-37(55)47-29-5-3-6-30(21-29)60-20-19-59-18-17-58-16-15-45-33-8-4-7-31-32(33)23-46-53(42(31)57)35-13-14-36(54)49-41(35)56/h3-12,21,23-24,34-35,45H,13-20,22H2,1-2H3,(H,47,55)(H,49,54,56)/t34-,35?/m0/s1. The van der Waals surface area contributed by atoms with Crippen molar-refractivity contribution in [1.82, 2.24) is 29.9 Å². The molecule has 314 valence electrons. The van der Waals surface area contributed by atoms with Crippen molar-refractivity contribution < 1.29 is 28.6 Å². The van der Waals surface area contributed by atoms with Crippen LogP contribution in [0, 0.1) is 13.8 Å². The zero-order valence-corrected chi connectivity index (χ0v) is 34.9. The number of aryl methyl sites for hydroxylation is 2. The van der Waals surface area contributed by atoms with E-state index in [0.29, 0.717) is 84.1 Å². The third kappa shape index (κ3) is 9.24. The first-order valence-electron chi connectivity index (χ1n) is 19.8. The number of aromatic nitrogens is 5. The second kappa shape index (κ2) is 18.6. The van der Waals surface area contributed by atoms with Crippen LogP contribution in [0.1, 0.15) is 59.7 Å². The predicted octanol–water partition coefficient (Wildman–Crippen LogP) is 5.73. The van der Waals surface area contributed by atoms with E-state index >= 15 is 0 Å². The van der Waals surface area contributed by atoms with Crippen molar-refractivity contribution in [1.29, 1.82) is 0 Å². The minimum Gasteiger partial charge on any atom is -0.491 e. The molecule has 1 fully saturated rings. The number of carbonyl (C=O) groups is 3. The van der Waals surface area contributed by atoms with Crippen molar-refractivity contribution in [3.05, 3.63) is 122 Å². The van der Waals surface area contributed by atoms with Crippen LogP contribution in [0.2, 0.25) is 5.02 Å². The molecule has 8 rings (SSSR count). The van der Waals surface area contributed by atoms with Gasteiger partial charge in [-0.2, -0.15) is 5.10 Å². The number of piperidine rings is 1. The minimum atomic E-state index is -0.828. The molecule has 0 spiro atoms. The van der Waals surface area contributed by atoms with Crippen molar-refractivity contribution in [2.75, 3.05) is 50.2 Å². The molecule has 3 aromatic heterocycles. The highest BCUT2D eigenvalue weighted by atomic mass is 35.5. The lowest BCUT2D eigenvalue weighted by Gasteiger charge is -2.22. The molecule has 61 heavy (non-hydrogen) atoms. The summed E-state index contributed by atoms with van der Waals surface area (Å²) in [6, 6.07) is 18.6. The molecule has 2 atom stereocenters. The Morgan fingerprint density at radius 2 is 1.74 bits per heavy atom. The first kappa shape index (κ1) is 41.5. The molecule has 0 aliphatic carbocycles. The molecular formula is C43H42ClN9O7S. The number of amides is 3. The number of rotatable bonds is 16. The van der Waals surface area contributed by atoms with Gasteiger partial charge in [-0.3, -0.25) is 34.1 Å². The van der Waals surface area contributed by atoms with E-state index < -0.39 is 23.6 Å². The molecule has 3 N–H and O–H groups in total. The maximum Gasteiger partial charge on any atom is 0.275 e. The van der Waals surface area contributed by atoms with Gasteiger partial charge in [-0.25, -0.2) is 4.68 Å². The molecule has 6 aromatic rings. The summed E-state index contributed by atoms with van der Waals surface area (Å²) in [7, 11) is 0. The Hall–Kier alpha value is -6.27. The molecule has 18 heteroatoms. The van der Waals surface area contributed by atoms with Gasteiger partial charge >= 0.3 is 0 Å². The third-order valence-corrected chi connectivity index (χ3v) is 11.6. The number of imide groups is 1. The average Bonchev–Trinajstić information content (AvgIpc) is 3.78. The average molecular weight is 864 g/mol. The summed E-state index contributed by atoms with van der Waals surface area (Å²) in [4.78, 5) is 55.7. The Morgan fingerprint density at radius 3 is 2.56 bits per heavy atom. The summed E-state index contributed by atoms with van der Waals surface area (Å²) in [5.41, 5.74) is 4.62. The summed E-state index contributed by atoms with van der Waals surface area (Å²) in [6.07, 6.45) is 1.96. The second-order valence-corrected chi connectivity index (χ2v) is 15.7. The number of ether oxygens (including phenoxy) is 3. The van der Waals surface area contributed by atoms with Crippen LogP contribution in [0.15, 0.2) is 88.1 Å². The summed E-state index contributed by atoms with van der Waals surface area (Å²) in [6.45, 7) is 6.17. The monoisotopic (exact) mass is 863 g/mol. The SMILES string of the molecule is Cc1csc2c1C(c1ccc(Cl)cc1)=N[C@@H](CC(=O)Nc1cccc(OCCOCCOCCNc3cccc4c(=O)n(C5CCC(=O)NC5=O)ncc34)c1)c1nnc(C)n1-2. The number of nitrogens with zero attached hydrogens (tertiary/aromatic N) is 6. The molecular weight excluding hydrogens is 822 g/mol. The van der Waals surface area contributed by atoms with Crippen LogP contribution in [0.25, 0.3) is 15.8 Å². The number of fused-ring (bicyclic) bond motifs is 4. The van der Waals surface area contributed by atoms with Crippen LogP contribution in [0.5, 0.6) is 5.75 Å². The maximum atomic E-state index is 13.6. The number of hydrogen-bond donors (Lipinski definition) is 3. The van der Waals surface area contributed by atoms with E-state index in [1.54, 1.807) is 41.8 Å². The van der Waals surface area contributed by atoms with Gasteiger partial charge in [0.1, 0.15) is 35.3 Å². The van der Waals surface area contributed by atoms with Crippen LogP contribution in [-0.4, -0.2) is 87.6 Å². The number of benzene rings is 3. The Kier molecular flexibility index (Phi) is 12.6. The highest BCUT2D eigenvalue weighted by molar-refractivity contribution is 7.13. The van der Waals surface area contributed by atoms with Crippen LogP contribution in [0.3, 0.4) is 0 Å². The van der Waals surface area contributed by atoms with E-state index in [-0.39, 0.29) is 31.1 Å². The van der Waals surface area contributed by atoms with Crippen molar-refractivity contribution in [2.45, 2.75) is 45.2 Å². The Labute approximate surface area is 358 Å². The Bertz CT molecular complexity index is 2690. The number of hydrogen-bond acceptors (Lipinski definition) is 13. The van der Waals surface area contributed by atoms with E-state index in [2.05, 4.69) is 43.6 Å². The summed E-state index contributed by atoms with van der Waals surface area (Å²) < 4.78 is 20.5. The van der Waals surface area contributed by atoms with Crippen LogP contribution >= 0.6 is 22.9 Å². The fourth-order valence-electron chi connectivity index (χ4n) is 7.30. The first-order valence-corrected chi connectivity index (χ1v) is 21.0. The van der Waals surface area contributed by atoms with Crippen LogP contribution in [0.4, 0.5) is 11.4 Å². The molecule has 3 amide bonds. The number of carbonyl (C=O) groups excluding carboxylic acids is 3. The van der Waals surface area contributed by atoms with E-state index in [9.17, 15) is 19.2 Å². The van der Waals surface area contributed by atoms with E-state index in [1.807, 2.05) is 54.0 Å². The van der Waals surface area contributed by atoms with Crippen LogP contribution in [-0.2, 0) is 23.9 Å². The maximum absolute atomic E-state index is 13.6. The molecule has 0 bridgehead atoms. The lowest BCUT2D eigenvalue weighted by atomic mass is 10.0. The van der Waals surface area contributed by atoms with Gasteiger partial charge in [-0.15, -0.1) is 21.5 Å². The lowest BCUT2D eigenvalue weighted by molar-refractivity contribution is -0.136. The van der Waals surface area contributed by atoms with Gasteiger partial charge in [-0.1, -0.05) is 35.9 Å². The number of nitrogens with one attached hydrogen (secondary N) is 3. The van der Waals surface area contributed by atoms with Crippen molar-refractivity contribution in [3.63, 3.8) is 0 Å². The quantitative estimate of drug-likeness (QED) is 0.0795. The number of aliphatic imine (C=N–C) groups is 1. The molecule has 0 radical (unpaired) electrons. The third-order valence-electron chi connectivity index (χ3n) is 10.2. The summed E-state index contributed by atoms with van der Waals surface area (Å²) in [5, 5.41) is 26.3. The first-order chi connectivity index (χ1) is 29.6. The predicted molar refractivity (Wildman–Crippen MR) is 231 cm³/mol. The smallest absolute Gasteiger partial charge is 0.275 e. The van der Waals surface area contributed by atoms with Crippen molar-refractivity contribution in [3.8, 4) is 10.8 Å². The van der Waals surface area contributed by atoms with E-state index in [1.165, 1.54) is 0 Å². The number of anilines is 2. The van der Waals surface area contributed by atoms with Gasteiger partial charge in [0, 0.05) is 51.9 Å². The normalized spacial score (nSPS) is 16.0. The lowest BCUT2D eigenvalue weighted by Crippen LogP contribution is -2.45. The molecule has 1 saturated heterocycles. The number of halogens is 1. The highest BCUT2D eigenvalue weighted by Crippen LogP contribution is 2.37. The number of thiophene rings is 1. The molecule has 16 nitrogen and oxygen atoms in total. The Balaban J connectivity index is 0.780. The largest absolute Gasteiger partial charge is 0.491 e. The van der Waals surface area contributed by atoms with Crippen LogP contribution < -0.4 is 26.2 Å². The molecule has 5 heterocycles. The molecule has 1 unspecified atom stereocenters. The fraction of sp³-hybridized carbons (Fsp3) is 0.302. The molecule has 3 aromatic carbocycles. The highest BCUT2D eigenvalue weighted by Gasteiger charge is 2.32. The zero-order chi connectivity index (χ0) is 42.5. The zero-order valence-electron chi connectivity index (χ0n) is 33.4. The van der Waals surface area contributed by atoms with E-state index in [0.717, 1.165) is 32.1 Å². The topological polar surface area (TPSA) is 193 Å².